The van der Waals surface area contributed by atoms with Crippen LogP contribution < -0.4 is 20.1 Å². The van der Waals surface area contributed by atoms with Crippen molar-refractivity contribution in [2.75, 3.05) is 5.32 Å². The molecule has 8 heteroatoms. The molecule has 0 spiro atoms. The fraction of sp³-hybridized carbons (Fsp3) is 0.273. The Morgan fingerprint density at radius 1 is 1.03 bits per heavy atom. The number of nitrogens with one attached hydrogen (secondary N) is 2. The van der Waals surface area contributed by atoms with Gasteiger partial charge in [-0.25, -0.2) is 14.8 Å². The number of carbonyl (C=O) groups is 1. The number of amides is 2. The van der Waals surface area contributed by atoms with E-state index in [9.17, 15) is 4.79 Å². The third-order valence-corrected chi connectivity index (χ3v) is 4.74. The number of ether oxygens (including phenoxy) is 2. The number of benzene rings is 1. The highest BCUT2D eigenvalue weighted by Crippen LogP contribution is 2.25. The van der Waals surface area contributed by atoms with Gasteiger partial charge >= 0.3 is 6.03 Å². The molecule has 0 aliphatic heterocycles. The predicted molar refractivity (Wildman–Crippen MR) is 112 cm³/mol. The number of hydrogen-bond acceptors (Lipinski definition) is 6. The Bertz CT molecular complexity index is 960. The van der Waals surface area contributed by atoms with E-state index in [1.54, 1.807) is 42.9 Å². The van der Waals surface area contributed by atoms with Crippen molar-refractivity contribution in [3.05, 3.63) is 66.7 Å². The summed E-state index contributed by atoms with van der Waals surface area (Å²) < 4.78 is 11.6. The summed E-state index contributed by atoms with van der Waals surface area (Å²) in [5, 5.41) is 5.65. The zero-order valence-corrected chi connectivity index (χ0v) is 16.5. The second-order valence-corrected chi connectivity index (χ2v) is 6.97. The van der Waals surface area contributed by atoms with Gasteiger partial charge in [-0.1, -0.05) is 6.07 Å². The molecule has 4 rings (SSSR count). The highest BCUT2D eigenvalue weighted by Gasteiger charge is 2.18. The first-order chi connectivity index (χ1) is 14.8. The van der Waals surface area contributed by atoms with Crippen molar-refractivity contribution < 1.29 is 14.3 Å². The minimum Gasteiger partial charge on any atom is -0.474 e. The molecule has 2 aromatic heterocycles. The fourth-order valence-corrected chi connectivity index (χ4v) is 3.24. The van der Waals surface area contributed by atoms with E-state index in [0.29, 0.717) is 29.7 Å². The van der Waals surface area contributed by atoms with Crippen molar-refractivity contribution in [1.29, 1.82) is 0 Å². The molecule has 1 saturated carbocycles. The molecule has 1 aromatic carbocycles. The van der Waals surface area contributed by atoms with E-state index >= 15 is 0 Å². The number of rotatable bonds is 7. The summed E-state index contributed by atoms with van der Waals surface area (Å²) in [5.74, 6) is 1.60. The molecular formula is C22H23N5O3. The number of carbonyl (C=O) groups excluding carboxylic acids is 1. The van der Waals surface area contributed by atoms with Crippen LogP contribution in [0.15, 0.2) is 61.2 Å². The van der Waals surface area contributed by atoms with Crippen molar-refractivity contribution >= 4 is 11.7 Å². The molecule has 1 fully saturated rings. The number of hydrogen-bond donors (Lipinski definition) is 2. The number of pyridine rings is 1. The lowest BCUT2D eigenvalue weighted by Gasteiger charge is -2.15. The molecule has 1 aliphatic rings. The largest absolute Gasteiger partial charge is 0.474 e. The fourth-order valence-electron chi connectivity index (χ4n) is 3.24. The molecule has 0 bridgehead atoms. The highest BCUT2D eigenvalue weighted by atomic mass is 16.5. The van der Waals surface area contributed by atoms with Crippen molar-refractivity contribution in [3.8, 4) is 17.5 Å². The second-order valence-electron chi connectivity index (χ2n) is 6.97. The summed E-state index contributed by atoms with van der Waals surface area (Å²) in [6.07, 6.45) is 11.1. The highest BCUT2D eigenvalue weighted by molar-refractivity contribution is 5.89. The molecule has 30 heavy (non-hydrogen) atoms. The van der Waals surface area contributed by atoms with Gasteiger partial charge in [0.05, 0.1) is 6.20 Å². The van der Waals surface area contributed by atoms with Gasteiger partial charge in [-0.2, -0.15) is 0 Å². The third-order valence-electron chi connectivity index (χ3n) is 4.74. The number of anilines is 1. The summed E-state index contributed by atoms with van der Waals surface area (Å²) in [6, 6.07) is 10.4. The summed E-state index contributed by atoms with van der Waals surface area (Å²) >= 11 is 0. The van der Waals surface area contributed by atoms with Crippen LogP contribution in [0.2, 0.25) is 0 Å². The van der Waals surface area contributed by atoms with E-state index in [2.05, 4.69) is 25.6 Å². The molecule has 0 unspecified atom stereocenters. The van der Waals surface area contributed by atoms with E-state index in [-0.39, 0.29) is 12.1 Å². The van der Waals surface area contributed by atoms with E-state index in [0.717, 1.165) is 18.4 Å². The summed E-state index contributed by atoms with van der Waals surface area (Å²) in [6.45, 7) is 0.329. The molecule has 8 nitrogen and oxygen atoms in total. The summed E-state index contributed by atoms with van der Waals surface area (Å²) in [5.41, 5.74) is 1.50. The monoisotopic (exact) mass is 405 g/mol. The van der Waals surface area contributed by atoms with Gasteiger partial charge in [-0.05, 0) is 56.0 Å². The van der Waals surface area contributed by atoms with Crippen LogP contribution in [0.4, 0.5) is 10.5 Å². The van der Waals surface area contributed by atoms with Gasteiger partial charge in [-0.3, -0.25) is 4.98 Å². The normalized spacial score (nSPS) is 13.6. The molecule has 3 aromatic rings. The molecule has 1 aliphatic carbocycles. The maximum atomic E-state index is 12.3. The average molecular weight is 405 g/mol. The van der Waals surface area contributed by atoms with Crippen LogP contribution in [-0.2, 0) is 6.54 Å². The van der Waals surface area contributed by atoms with Crippen molar-refractivity contribution in [2.24, 2.45) is 0 Å². The maximum absolute atomic E-state index is 12.3. The standard InChI is InChI=1S/C22H23N5O3/c28-22(26-14-16-4-3-11-25-21(16)30-18-5-1-2-6-18)27-17-7-9-19(10-8-17)29-20-15-23-12-13-24-20/h3-4,7-13,15,18H,1-2,5-6,14H2,(H2,26,27,28). The first-order valence-electron chi connectivity index (χ1n) is 9.95. The smallest absolute Gasteiger partial charge is 0.319 e. The minimum absolute atomic E-state index is 0.218. The Morgan fingerprint density at radius 2 is 1.87 bits per heavy atom. The van der Waals surface area contributed by atoms with Gasteiger partial charge in [0.25, 0.3) is 0 Å². The molecular weight excluding hydrogens is 382 g/mol. The lowest BCUT2D eigenvalue weighted by atomic mass is 10.2. The van der Waals surface area contributed by atoms with Gasteiger partial charge in [-0.15, -0.1) is 0 Å². The topological polar surface area (TPSA) is 98.3 Å². The molecule has 0 radical (unpaired) electrons. The van der Waals surface area contributed by atoms with Gasteiger partial charge in [0, 0.05) is 36.4 Å². The Kier molecular flexibility index (Phi) is 6.34. The molecule has 0 saturated heterocycles. The Morgan fingerprint density at radius 3 is 2.63 bits per heavy atom. The Balaban J connectivity index is 1.29. The van der Waals surface area contributed by atoms with Crippen molar-refractivity contribution in [2.45, 2.75) is 38.3 Å². The predicted octanol–water partition coefficient (Wildman–Crippen LogP) is 4.31. The molecule has 0 atom stereocenters. The quantitative estimate of drug-likeness (QED) is 0.608. The molecule has 154 valence electrons. The minimum atomic E-state index is -0.312. The first-order valence-corrected chi connectivity index (χ1v) is 9.95. The summed E-state index contributed by atoms with van der Waals surface area (Å²) in [4.78, 5) is 24.6. The molecule has 2 N–H and O–H groups in total. The number of aromatic nitrogens is 3. The lowest BCUT2D eigenvalue weighted by Crippen LogP contribution is -2.28. The second kappa shape index (κ2) is 9.69. The SMILES string of the molecule is O=C(NCc1cccnc1OC1CCCC1)Nc1ccc(Oc2cnccn2)cc1. The zero-order chi connectivity index (χ0) is 20.6. The van der Waals surface area contributed by atoms with Crippen LogP contribution in [-0.4, -0.2) is 27.1 Å². The molecule has 2 amide bonds. The number of urea groups is 1. The first kappa shape index (κ1) is 19.6. The van der Waals surface area contributed by atoms with Crippen molar-refractivity contribution in [1.82, 2.24) is 20.3 Å². The van der Waals surface area contributed by atoms with E-state index < -0.39 is 0 Å². The average Bonchev–Trinajstić information content (AvgIpc) is 3.28. The Hall–Kier alpha value is -3.68. The summed E-state index contributed by atoms with van der Waals surface area (Å²) in [7, 11) is 0. The van der Waals surface area contributed by atoms with Crippen LogP contribution in [0.1, 0.15) is 31.2 Å². The molecule has 2 heterocycles. The van der Waals surface area contributed by atoms with E-state index in [4.69, 9.17) is 9.47 Å². The number of nitrogens with zero attached hydrogens (tertiary/aromatic N) is 3. The van der Waals surface area contributed by atoms with Gasteiger partial charge in [0.15, 0.2) is 0 Å². The van der Waals surface area contributed by atoms with Crippen molar-refractivity contribution in [3.63, 3.8) is 0 Å². The maximum Gasteiger partial charge on any atom is 0.319 e. The van der Waals surface area contributed by atoms with Crippen LogP contribution in [0.3, 0.4) is 0 Å². The van der Waals surface area contributed by atoms with E-state index in [1.807, 2.05) is 12.1 Å². The van der Waals surface area contributed by atoms with Crippen LogP contribution in [0.25, 0.3) is 0 Å². The van der Waals surface area contributed by atoms with Crippen LogP contribution in [0.5, 0.6) is 17.5 Å². The van der Waals surface area contributed by atoms with Gasteiger partial charge < -0.3 is 20.1 Å². The van der Waals surface area contributed by atoms with Gasteiger partial charge in [0.2, 0.25) is 11.8 Å². The zero-order valence-electron chi connectivity index (χ0n) is 16.5. The third kappa shape index (κ3) is 5.44. The van der Waals surface area contributed by atoms with Crippen LogP contribution in [0, 0.1) is 0 Å². The van der Waals surface area contributed by atoms with E-state index in [1.165, 1.54) is 19.0 Å². The lowest BCUT2D eigenvalue weighted by molar-refractivity contribution is 0.199. The Labute approximate surface area is 174 Å². The van der Waals surface area contributed by atoms with Crippen LogP contribution >= 0.6 is 0 Å². The van der Waals surface area contributed by atoms with Gasteiger partial charge in [0.1, 0.15) is 11.9 Å².